The van der Waals surface area contributed by atoms with E-state index in [2.05, 4.69) is 5.32 Å². The van der Waals surface area contributed by atoms with Crippen LogP contribution in [0.4, 0.5) is 17.1 Å². The Kier molecular flexibility index (Phi) is 5.40. The Bertz CT molecular complexity index is 1080. The van der Waals surface area contributed by atoms with Gasteiger partial charge in [-0.25, -0.2) is 0 Å². The SMILES string of the molecule is CC(=O)c1ccc2cc(N(C)CC(=O)Nc3ccc(N)c(C=O)c3)ccc2c1. The van der Waals surface area contributed by atoms with E-state index in [9.17, 15) is 14.4 Å². The fourth-order valence-corrected chi connectivity index (χ4v) is 2.95. The topological polar surface area (TPSA) is 92.5 Å². The van der Waals surface area contributed by atoms with Gasteiger partial charge in [0.1, 0.15) is 0 Å². The molecule has 3 rings (SSSR count). The second kappa shape index (κ2) is 7.92. The van der Waals surface area contributed by atoms with Crippen molar-refractivity contribution in [2.24, 2.45) is 0 Å². The average molecular weight is 375 g/mol. The molecule has 0 bridgehead atoms. The smallest absolute Gasteiger partial charge is 0.243 e. The summed E-state index contributed by atoms with van der Waals surface area (Å²) in [5.74, 6) is -0.184. The number of amides is 1. The van der Waals surface area contributed by atoms with Crippen LogP contribution in [0.15, 0.2) is 54.6 Å². The Balaban J connectivity index is 1.72. The maximum atomic E-state index is 12.4. The van der Waals surface area contributed by atoms with Crippen molar-refractivity contribution in [3.05, 3.63) is 65.7 Å². The van der Waals surface area contributed by atoms with Gasteiger partial charge in [-0.2, -0.15) is 0 Å². The fourth-order valence-electron chi connectivity index (χ4n) is 2.95. The van der Waals surface area contributed by atoms with Gasteiger partial charge in [0, 0.05) is 35.2 Å². The maximum Gasteiger partial charge on any atom is 0.243 e. The minimum Gasteiger partial charge on any atom is -0.398 e. The van der Waals surface area contributed by atoms with Gasteiger partial charge in [0.25, 0.3) is 0 Å². The number of hydrogen-bond acceptors (Lipinski definition) is 5. The summed E-state index contributed by atoms with van der Waals surface area (Å²) in [4.78, 5) is 36.7. The lowest BCUT2D eigenvalue weighted by molar-refractivity contribution is -0.114. The van der Waals surface area contributed by atoms with Crippen LogP contribution in [0, 0.1) is 0 Å². The predicted molar refractivity (Wildman–Crippen MR) is 112 cm³/mol. The number of carbonyl (C=O) groups is 3. The maximum absolute atomic E-state index is 12.4. The van der Waals surface area contributed by atoms with Crippen LogP contribution in [0.5, 0.6) is 0 Å². The Morgan fingerprint density at radius 2 is 1.75 bits per heavy atom. The van der Waals surface area contributed by atoms with Crippen LogP contribution in [-0.2, 0) is 4.79 Å². The Hall–Kier alpha value is -3.67. The Labute approximate surface area is 162 Å². The highest BCUT2D eigenvalue weighted by Gasteiger charge is 2.10. The first kappa shape index (κ1) is 19.1. The lowest BCUT2D eigenvalue weighted by Gasteiger charge is -2.19. The first-order valence-corrected chi connectivity index (χ1v) is 8.78. The Morgan fingerprint density at radius 1 is 1.04 bits per heavy atom. The van der Waals surface area contributed by atoms with Crippen molar-refractivity contribution < 1.29 is 14.4 Å². The molecule has 28 heavy (non-hydrogen) atoms. The van der Waals surface area contributed by atoms with Crippen LogP contribution in [0.3, 0.4) is 0 Å². The molecule has 0 spiro atoms. The summed E-state index contributed by atoms with van der Waals surface area (Å²) < 4.78 is 0. The van der Waals surface area contributed by atoms with E-state index in [1.807, 2.05) is 42.3 Å². The van der Waals surface area contributed by atoms with Crippen molar-refractivity contribution in [1.29, 1.82) is 0 Å². The number of likely N-dealkylation sites (N-methyl/N-ethyl adjacent to an activating group) is 1. The number of ketones is 1. The molecule has 0 fully saturated rings. The number of benzene rings is 3. The number of fused-ring (bicyclic) bond motifs is 1. The zero-order valence-electron chi connectivity index (χ0n) is 15.7. The molecule has 0 aliphatic carbocycles. The van der Waals surface area contributed by atoms with Crippen LogP contribution in [-0.4, -0.2) is 31.6 Å². The minimum absolute atomic E-state index is 0.0279. The summed E-state index contributed by atoms with van der Waals surface area (Å²) in [7, 11) is 1.82. The number of nitrogens with one attached hydrogen (secondary N) is 1. The molecular formula is C22H21N3O3. The van der Waals surface area contributed by atoms with Gasteiger partial charge >= 0.3 is 0 Å². The van der Waals surface area contributed by atoms with Crippen molar-refractivity contribution in [3.8, 4) is 0 Å². The van der Waals surface area contributed by atoms with Gasteiger partial charge in [0.15, 0.2) is 12.1 Å². The molecule has 3 aromatic carbocycles. The minimum atomic E-state index is -0.212. The average Bonchev–Trinajstić information content (AvgIpc) is 2.68. The van der Waals surface area contributed by atoms with E-state index in [0.29, 0.717) is 28.8 Å². The monoisotopic (exact) mass is 375 g/mol. The molecule has 6 heteroatoms. The molecule has 0 aliphatic heterocycles. The molecule has 0 saturated heterocycles. The van der Waals surface area contributed by atoms with Crippen molar-refractivity contribution in [2.45, 2.75) is 6.92 Å². The number of rotatable bonds is 6. The normalized spacial score (nSPS) is 10.5. The molecule has 142 valence electrons. The largest absolute Gasteiger partial charge is 0.398 e. The van der Waals surface area contributed by atoms with Crippen LogP contribution >= 0.6 is 0 Å². The van der Waals surface area contributed by atoms with Crippen molar-refractivity contribution in [2.75, 3.05) is 29.5 Å². The van der Waals surface area contributed by atoms with Crippen molar-refractivity contribution >= 4 is 45.8 Å². The molecule has 0 radical (unpaired) electrons. The third-order valence-electron chi connectivity index (χ3n) is 4.55. The molecule has 0 heterocycles. The van der Waals surface area contributed by atoms with Crippen LogP contribution in [0.2, 0.25) is 0 Å². The third-order valence-corrected chi connectivity index (χ3v) is 4.55. The van der Waals surface area contributed by atoms with Crippen molar-refractivity contribution in [1.82, 2.24) is 0 Å². The number of carbonyl (C=O) groups excluding carboxylic acids is 3. The van der Waals surface area contributed by atoms with E-state index < -0.39 is 0 Å². The summed E-state index contributed by atoms with van der Waals surface area (Å²) in [6.45, 7) is 1.68. The van der Waals surface area contributed by atoms with Gasteiger partial charge < -0.3 is 16.0 Å². The van der Waals surface area contributed by atoms with Crippen LogP contribution < -0.4 is 16.0 Å². The number of nitrogens with zero attached hydrogens (tertiary/aromatic N) is 1. The number of aldehydes is 1. The molecule has 0 aromatic heterocycles. The highest BCUT2D eigenvalue weighted by molar-refractivity contribution is 5.99. The lowest BCUT2D eigenvalue weighted by Crippen LogP contribution is -2.30. The van der Waals surface area contributed by atoms with Gasteiger partial charge in [-0.3, -0.25) is 14.4 Å². The van der Waals surface area contributed by atoms with Gasteiger partial charge in [-0.1, -0.05) is 18.2 Å². The van der Waals surface area contributed by atoms with Crippen LogP contribution in [0.25, 0.3) is 10.8 Å². The molecule has 0 saturated carbocycles. The highest BCUT2D eigenvalue weighted by Crippen LogP contribution is 2.23. The zero-order valence-corrected chi connectivity index (χ0v) is 15.7. The first-order valence-electron chi connectivity index (χ1n) is 8.78. The predicted octanol–water partition coefficient (Wildman–Crippen LogP) is 3.51. The molecule has 0 unspecified atom stereocenters. The first-order chi connectivity index (χ1) is 13.4. The van der Waals surface area contributed by atoms with Crippen molar-refractivity contribution in [3.63, 3.8) is 0 Å². The summed E-state index contributed by atoms with van der Waals surface area (Å²) in [5.41, 5.74) is 8.47. The second-order valence-electron chi connectivity index (χ2n) is 6.67. The molecule has 3 N–H and O–H groups in total. The summed E-state index contributed by atoms with van der Waals surface area (Å²) >= 11 is 0. The zero-order chi connectivity index (χ0) is 20.3. The van der Waals surface area contributed by atoms with Crippen LogP contribution in [0.1, 0.15) is 27.6 Å². The van der Waals surface area contributed by atoms with Gasteiger partial charge in [-0.05, 0) is 54.1 Å². The third kappa shape index (κ3) is 4.17. The number of anilines is 3. The molecule has 6 nitrogen and oxygen atoms in total. The molecule has 0 atom stereocenters. The Morgan fingerprint density at radius 3 is 2.46 bits per heavy atom. The highest BCUT2D eigenvalue weighted by atomic mass is 16.2. The van der Waals surface area contributed by atoms with Gasteiger partial charge in [-0.15, -0.1) is 0 Å². The second-order valence-corrected chi connectivity index (χ2v) is 6.67. The van der Waals surface area contributed by atoms with E-state index in [1.165, 1.54) is 0 Å². The number of nitrogens with two attached hydrogens (primary N) is 1. The number of hydrogen-bond donors (Lipinski definition) is 2. The lowest BCUT2D eigenvalue weighted by atomic mass is 10.0. The van der Waals surface area contributed by atoms with E-state index >= 15 is 0 Å². The van der Waals surface area contributed by atoms with E-state index in [0.717, 1.165) is 16.5 Å². The molecule has 1 amide bonds. The number of Topliss-reactive ketones (excluding diaryl/α,β-unsaturated/α-hetero) is 1. The fraction of sp³-hybridized carbons (Fsp3) is 0.136. The van der Waals surface area contributed by atoms with Gasteiger partial charge in [0.2, 0.25) is 5.91 Å². The van der Waals surface area contributed by atoms with E-state index in [1.54, 1.807) is 31.2 Å². The summed E-state index contributed by atoms with van der Waals surface area (Å²) in [6.07, 6.45) is 0.656. The molecule has 0 aliphatic rings. The van der Waals surface area contributed by atoms with E-state index in [-0.39, 0.29) is 18.2 Å². The standard InChI is InChI=1S/C22H21N3O3/c1-14(27)15-3-4-17-11-20(7-5-16(17)9-15)25(2)12-22(28)24-19-6-8-21(23)18(10-19)13-26/h3-11,13H,12,23H2,1-2H3,(H,24,28). The van der Waals surface area contributed by atoms with Gasteiger partial charge in [0.05, 0.1) is 6.54 Å². The number of nitrogen functional groups attached to an aromatic ring is 1. The molecular weight excluding hydrogens is 354 g/mol. The quantitative estimate of drug-likeness (QED) is 0.391. The summed E-state index contributed by atoms with van der Waals surface area (Å²) in [5, 5.41) is 4.73. The van der Waals surface area contributed by atoms with E-state index in [4.69, 9.17) is 5.73 Å². The summed E-state index contributed by atoms with van der Waals surface area (Å²) in [6, 6.07) is 16.2. The molecule has 3 aromatic rings.